The van der Waals surface area contributed by atoms with Gasteiger partial charge in [-0.15, -0.1) is 0 Å². The second kappa shape index (κ2) is 8.19. The van der Waals surface area contributed by atoms with Crippen molar-refractivity contribution in [3.8, 4) is 0 Å². The molecule has 2 N–H and O–H groups in total. The van der Waals surface area contributed by atoms with Gasteiger partial charge < -0.3 is 15.3 Å². The van der Waals surface area contributed by atoms with Gasteiger partial charge in [-0.3, -0.25) is 14.6 Å². The normalized spacial score (nSPS) is 25.0. The second-order valence-electron chi connectivity index (χ2n) is 7.88. The summed E-state index contributed by atoms with van der Waals surface area (Å²) < 4.78 is 0. The summed E-state index contributed by atoms with van der Waals surface area (Å²) in [6.45, 7) is 0. The number of amides is 2. The number of hydrogen-bond acceptors (Lipinski definition) is 4. The van der Waals surface area contributed by atoms with Crippen molar-refractivity contribution in [1.29, 1.82) is 0 Å². The van der Waals surface area contributed by atoms with Gasteiger partial charge in [-0.1, -0.05) is 37.1 Å². The van der Waals surface area contributed by atoms with Gasteiger partial charge in [0.25, 0.3) is 5.91 Å². The highest BCUT2D eigenvalue weighted by Gasteiger charge is 2.41. The summed E-state index contributed by atoms with van der Waals surface area (Å²) >= 11 is 0. The van der Waals surface area contributed by atoms with E-state index >= 15 is 0 Å². The lowest BCUT2D eigenvalue weighted by Gasteiger charge is -2.43. The highest BCUT2D eigenvalue weighted by molar-refractivity contribution is 6.06. The molecule has 2 amide bonds. The summed E-state index contributed by atoms with van der Waals surface area (Å²) in [6.07, 6.45) is 6.73. The van der Waals surface area contributed by atoms with Crippen molar-refractivity contribution in [3.05, 3.63) is 42.2 Å². The van der Waals surface area contributed by atoms with Gasteiger partial charge in [-0.2, -0.15) is 0 Å². The molecule has 7 heteroatoms. The molecule has 0 radical (unpaired) electrons. The maximum atomic E-state index is 13.3. The third-order valence-electron chi connectivity index (χ3n) is 6.06. The topological polar surface area (TPSA) is 99.6 Å². The molecule has 2 saturated heterocycles. The molecule has 0 spiro atoms. The van der Waals surface area contributed by atoms with Gasteiger partial charge in [0.05, 0.1) is 0 Å². The molecule has 0 bridgehead atoms. The fraction of sp³-hybridized carbons (Fsp3) is 0.455. The Morgan fingerprint density at radius 2 is 1.79 bits per heavy atom. The molecule has 4 rings (SSSR count). The van der Waals surface area contributed by atoms with Crippen molar-refractivity contribution in [2.75, 3.05) is 0 Å². The summed E-state index contributed by atoms with van der Waals surface area (Å²) in [5.74, 6) is -1.65. The fourth-order valence-electron chi connectivity index (χ4n) is 4.63. The molecule has 2 aliphatic heterocycles. The lowest BCUT2D eigenvalue weighted by Crippen LogP contribution is -2.59. The van der Waals surface area contributed by atoms with Gasteiger partial charge in [-0.05, 0) is 43.6 Å². The Morgan fingerprint density at radius 3 is 2.62 bits per heavy atom. The van der Waals surface area contributed by atoms with Crippen LogP contribution in [0.25, 0.3) is 10.8 Å². The Labute approximate surface area is 169 Å². The number of aromatic nitrogens is 1. The summed E-state index contributed by atoms with van der Waals surface area (Å²) in [7, 11) is 0. The predicted octanol–water partition coefficient (Wildman–Crippen LogP) is 2.74. The SMILES string of the molecule is O=C(NC1CCCCC2CCCC(C(=O)O)N2C1=O)c1nccc2ccccc12. The quantitative estimate of drug-likeness (QED) is 0.832. The first-order valence-electron chi connectivity index (χ1n) is 10.3. The third-order valence-corrected chi connectivity index (χ3v) is 6.06. The van der Waals surface area contributed by atoms with E-state index in [4.69, 9.17) is 0 Å². The first-order chi connectivity index (χ1) is 14.1. The molecule has 1 aromatic carbocycles. The van der Waals surface area contributed by atoms with E-state index in [1.807, 2.05) is 30.3 Å². The first-order valence-corrected chi connectivity index (χ1v) is 10.3. The van der Waals surface area contributed by atoms with Gasteiger partial charge in [0.15, 0.2) is 0 Å². The van der Waals surface area contributed by atoms with Crippen LogP contribution in [0.5, 0.6) is 0 Å². The van der Waals surface area contributed by atoms with Gasteiger partial charge in [0.2, 0.25) is 5.91 Å². The Bertz CT molecular complexity index is 939. The van der Waals surface area contributed by atoms with Gasteiger partial charge in [0, 0.05) is 17.6 Å². The van der Waals surface area contributed by atoms with Gasteiger partial charge in [-0.25, -0.2) is 4.79 Å². The van der Waals surface area contributed by atoms with Crippen LogP contribution in [0.2, 0.25) is 0 Å². The van der Waals surface area contributed by atoms with Gasteiger partial charge >= 0.3 is 5.97 Å². The number of fused-ring (bicyclic) bond motifs is 2. The number of carboxylic acids is 1. The van der Waals surface area contributed by atoms with Crippen LogP contribution >= 0.6 is 0 Å². The minimum absolute atomic E-state index is 0.0623. The monoisotopic (exact) mass is 395 g/mol. The smallest absolute Gasteiger partial charge is 0.326 e. The highest BCUT2D eigenvalue weighted by atomic mass is 16.4. The maximum absolute atomic E-state index is 13.3. The number of piperidine rings is 1. The minimum Gasteiger partial charge on any atom is -0.480 e. The van der Waals surface area contributed by atoms with Crippen LogP contribution in [-0.2, 0) is 9.59 Å². The molecule has 3 heterocycles. The number of benzene rings is 1. The molecular weight excluding hydrogens is 370 g/mol. The molecule has 1 aromatic heterocycles. The van der Waals surface area contributed by atoms with Crippen molar-refractivity contribution in [2.45, 2.75) is 63.1 Å². The number of carbonyl (C=O) groups excluding carboxylic acids is 2. The van der Waals surface area contributed by atoms with Crippen molar-refractivity contribution in [1.82, 2.24) is 15.2 Å². The van der Waals surface area contributed by atoms with E-state index in [1.54, 1.807) is 6.20 Å². The van der Waals surface area contributed by atoms with E-state index in [9.17, 15) is 19.5 Å². The number of carboxylic acid groups (broad SMARTS) is 1. The van der Waals surface area contributed by atoms with Crippen LogP contribution < -0.4 is 5.32 Å². The number of aliphatic carboxylic acids is 1. The van der Waals surface area contributed by atoms with Gasteiger partial charge in [0.1, 0.15) is 17.8 Å². The van der Waals surface area contributed by atoms with Crippen LogP contribution in [-0.4, -0.2) is 50.9 Å². The number of carbonyl (C=O) groups is 3. The average molecular weight is 395 g/mol. The summed E-state index contributed by atoms with van der Waals surface area (Å²) in [5.41, 5.74) is 0.280. The van der Waals surface area contributed by atoms with Crippen molar-refractivity contribution >= 4 is 28.6 Å². The van der Waals surface area contributed by atoms with E-state index in [2.05, 4.69) is 10.3 Å². The fourth-order valence-corrected chi connectivity index (χ4v) is 4.63. The van der Waals surface area contributed by atoms with E-state index in [-0.39, 0.29) is 17.6 Å². The molecule has 0 saturated carbocycles. The molecule has 2 aromatic rings. The highest BCUT2D eigenvalue weighted by Crippen LogP contribution is 2.30. The predicted molar refractivity (Wildman–Crippen MR) is 107 cm³/mol. The summed E-state index contributed by atoms with van der Waals surface area (Å²) in [4.78, 5) is 43.8. The number of pyridine rings is 1. The zero-order valence-corrected chi connectivity index (χ0v) is 16.2. The number of nitrogens with zero attached hydrogens (tertiary/aromatic N) is 2. The zero-order chi connectivity index (χ0) is 20.4. The molecule has 152 valence electrons. The Hall–Kier alpha value is -2.96. The third kappa shape index (κ3) is 3.81. The largest absolute Gasteiger partial charge is 0.480 e. The van der Waals surface area contributed by atoms with E-state index in [1.165, 1.54) is 4.90 Å². The molecular formula is C22H25N3O4. The van der Waals surface area contributed by atoms with Crippen LogP contribution in [0.15, 0.2) is 36.5 Å². The zero-order valence-electron chi connectivity index (χ0n) is 16.2. The molecule has 0 aliphatic carbocycles. The van der Waals surface area contributed by atoms with Crippen LogP contribution in [0.4, 0.5) is 0 Å². The molecule has 3 atom stereocenters. The number of rotatable bonds is 3. The molecule has 7 nitrogen and oxygen atoms in total. The van der Waals surface area contributed by atoms with E-state index in [0.29, 0.717) is 12.8 Å². The molecule has 2 aliphatic rings. The maximum Gasteiger partial charge on any atom is 0.326 e. The average Bonchev–Trinajstić information content (AvgIpc) is 2.73. The van der Waals surface area contributed by atoms with Crippen molar-refractivity contribution in [3.63, 3.8) is 0 Å². The first kappa shape index (κ1) is 19.4. The molecule has 3 unspecified atom stereocenters. The van der Waals surface area contributed by atoms with E-state index < -0.39 is 24.0 Å². The number of hydrogen-bond donors (Lipinski definition) is 2. The van der Waals surface area contributed by atoms with Crippen molar-refractivity contribution < 1.29 is 19.5 Å². The Balaban J connectivity index is 1.60. The van der Waals surface area contributed by atoms with Crippen molar-refractivity contribution in [2.24, 2.45) is 0 Å². The second-order valence-corrected chi connectivity index (χ2v) is 7.88. The lowest BCUT2D eigenvalue weighted by atomic mass is 9.88. The van der Waals surface area contributed by atoms with Crippen LogP contribution in [0.1, 0.15) is 55.4 Å². The minimum atomic E-state index is -0.968. The Morgan fingerprint density at radius 1 is 1.03 bits per heavy atom. The van der Waals surface area contributed by atoms with Crippen LogP contribution in [0.3, 0.4) is 0 Å². The number of nitrogens with one attached hydrogen (secondary N) is 1. The Kier molecular flexibility index (Phi) is 5.47. The molecule has 29 heavy (non-hydrogen) atoms. The summed E-state index contributed by atoms with van der Waals surface area (Å²) in [5, 5.41) is 14.1. The summed E-state index contributed by atoms with van der Waals surface area (Å²) in [6, 6.07) is 7.71. The lowest BCUT2D eigenvalue weighted by molar-refractivity contribution is -0.156. The molecule has 2 fully saturated rings. The standard InChI is InChI=1S/C22H25N3O4/c26-20(19-16-9-3-1-6-14(16)12-13-23-19)24-17-10-4-2-7-15-8-5-11-18(22(28)29)25(15)21(17)27/h1,3,6,9,12-13,15,17-18H,2,4-5,7-8,10-11H2,(H,24,26)(H,28,29). The van der Waals surface area contributed by atoms with Crippen LogP contribution in [0, 0.1) is 0 Å². The van der Waals surface area contributed by atoms with E-state index in [0.717, 1.165) is 42.9 Å².